The molecule has 0 bridgehead atoms. The molecule has 1 atom stereocenters. The molecule has 0 radical (unpaired) electrons. The van der Waals surface area contributed by atoms with Crippen molar-refractivity contribution in [3.05, 3.63) is 95.2 Å². The normalized spacial score (nSPS) is 15.2. The van der Waals surface area contributed by atoms with E-state index in [1.54, 1.807) is 29.2 Å². The molecule has 0 fully saturated rings. The average Bonchev–Trinajstić information content (AvgIpc) is 3.14. The lowest BCUT2D eigenvalue weighted by atomic mass is 9.86. The molecule has 5 rings (SSSR count). The second kappa shape index (κ2) is 8.22. The first kappa shape index (κ1) is 19.9. The zero-order valence-corrected chi connectivity index (χ0v) is 17.3. The average molecular weight is 429 g/mol. The number of anilines is 1. The highest BCUT2D eigenvalue weighted by Crippen LogP contribution is 2.40. The summed E-state index contributed by atoms with van der Waals surface area (Å²) in [6.45, 7) is 2.16. The predicted molar refractivity (Wildman–Crippen MR) is 116 cm³/mol. The number of nitrogens with one attached hydrogen (secondary N) is 1. The standard InChI is InChI=1S/C24H20FN5O2/c1-15-22-20(13-21(31)28-23(22)30(29-15)24-26-9-4-10-27-24)17-6-3-8-19(12-17)32-14-16-5-2-7-18(25)11-16/h2-12,20H,13-14H2,1H3,(H,28,31). The monoisotopic (exact) mass is 429 g/mol. The Hall–Kier alpha value is -4.07. The van der Waals surface area contributed by atoms with Crippen molar-refractivity contribution < 1.29 is 13.9 Å². The van der Waals surface area contributed by atoms with Crippen molar-refractivity contribution >= 4 is 11.7 Å². The van der Waals surface area contributed by atoms with Crippen LogP contribution in [-0.4, -0.2) is 25.7 Å². The van der Waals surface area contributed by atoms with E-state index in [2.05, 4.69) is 20.4 Å². The Balaban J connectivity index is 1.47. The molecule has 2 aromatic heterocycles. The number of nitrogens with zero attached hydrogens (tertiary/aromatic N) is 4. The fourth-order valence-electron chi connectivity index (χ4n) is 3.99. The van der Waals surface area contributed by atoms with Gasteiger partial charge in [-0.2, -0.15) is 9.78 Å². The van der Waals surface area contributed by atoms with E-state index in [4.69, 9.17) is 4.74 Å². The maximum Gasteiger partial charge on any atom is 0.252 e. The molecular weight excluding hydrogens is 409 g/mol. The number of rotatable bonds is 5. The number of halogens is 1. The van der Waals surface area contributed by atoms with Crippen molar-refractivity contribution in [2.45, 2.75) is 25.9 Å². The lowest BCUT2D eigenvalue weighted by Crippen LogP contribution is -2.25. The number of ether oxygens (including phenoxy) is 1. The van der Waals surface area contributed by atoms with Gasteiger partial charge in [0.2, 0.25) is 5.91 Å². The third-order valence-corrected chi connectivity index (χ3v) is 5.40. The number of hydrogen-bond donors (Lipinski definition) is 1. The minimum absolute atomic E-state index is 0.106. The summed E-state index contributed by atoms with van der Waals surface area (Å²) >= 11 is 0. The highest BCUT2D eigenvalue weighted by molar-refractivity contribution is 5.95. The first-order chi connectivity index (χ1) is 15.6. The number of carbonyl (C=O) groups excluding carboxylic acids is 1. The minimum Gasteiger partial charge on any atom is -0.489 e. The van der Waals surface area contributed by atoms with Gasteiger partial charge >= 0.3 is 0 Å². The van der Waals surface area contributed by atoms with Crippen LogP contribution in [0.1, 0.15) is 34.7 Å². The Morgan fingerprint density at radius 1 is 1.12 bits per heavy atom. The zero-order valence-electron chi connectivity index (χ0n) is 17.3. The van der Waals surface area contributed by atoms with Crippen molar-refractivity contribution in [3.63, 3.8) is 0 Å². The summed E-state index contributed by atoms with van der Waals surface area (Å²) < 4.78 is 20.9. The summed E-state index contributed by atoms with van der Waals surface area (Å²) in [5.74, 6) is 1.04. The van der Waals surface area contributed by atoms with Crippen molar-refractivity contribution in [1.29, 1.82) is 0 Å². The predicted octanol–water partition coefficient (Wildman–Crippen LogP) is 4.16. The molecule has 1 aliphatic heterocycles. The second-order valence-electron chi connectivity index (χ2n) is 7.60. The number of fused-ring (bicyclic) bond motifs is 1. The van der Waals surface area contributed by atoms with Crippen LogP contribution in [0.3, 0.4) is 0 Å². The van der Waals surface area contributed by atoms with Gasteiger partial charge in [-0.3, -0.25) is 4.79 Å². The van der Waals surface area contributed by atoms with Crippen molar-refractivity contribution in [2.75, 3.05) is 5.32 Å². The summed E-state index contributed by atoms with van der Waals surface area (Å²) in [6, 6.07) is 15.7. The van der Waals surface area contributed by atoms with Crippen molar-refractivity contribution in [1.82, 2.24) is 19.7 Å². The third-order valence-electron chi connectivity index (χ3n) is 5.40. The largest absolute Gasteiger partial charge is 0.489 e. The Labute approximate surface area is 183 Å². The summed E-state index contributed by atoms with van der Waals surface area (Å²) in [4.78, 5) is 21.1. The lowest BCUT2D eigenvalue weighted by molar-refractivity contribution is -0.116. The topological polar surface area (TPSA) is 81.9 Å². The first-order valence-corrected chi connectivity index (χ1v) is 10.2. The number of benzene rings is 2. The van der Waals surface area contributed by atoms with E-state index in [9.17, 15) is 9.18 Å². The SMILES string of the molecule is Cc1nn(-c2ncccn2)c2c1C(c1cccc(OCc3cccc(F)c3)c1)CC(=O)N2. The Morgan fingerprint density at radius 3 is 2.75 bits per heavy atom. The molecule has 7 nitrogen and oxygen atoms in total. The summed E-state index contributed by atoms with van der Waals surface area (Å²) in [6.07, 6.45) is 3.56. The quantitative estimate of drug-likeness (QED) is 0.515. The van der Waals surface area contributed by atoms with Gasteiger partial charge in [0.1, 0.15) is 24.0 Å². The fourth-order valence-corrected chi connectivity index (χ4v) is 3.99. The van der Waals surface area contributed by atoms with Gasteiger partial charge in [-0.05, 0) is 48.4 Å². The molecule has 1 amide bonds. The first-order valence-electron chi connectivity index (χ1n) is 10.2. The molecule has 0 spiro atoms. The van der Waals surface area contributed by atoms with Crippen LogP contribution in [0.4, 0.5) is 10.2 Å². The number of amides is 1. The molecule has 32 heavy (non-hydrogen) atoms. The molecule has 0 aliphatic carbocycles. The van der Waals surface area contributed by atoms with Crippen LogP contribution in [0.5, 0.6) is 5.75 Å². The van der Waals surface area contributed by atoms with Gasteiger partial charge in [0.05, 0.1) is 5.69 Å². The molecule has 0 saturated heterocycles. The van der Waals surface area contributed by atoms with E-state index < -0.39 is 0 Å². The minimum atomic E-state index is -0.296. The fraction of sp³-hybridized carbons (Fsp3) is 0.167. The van der Waals surface area contributed by atoms with Gasteiger partial charge in [0.25, 0.3) is 5.95 Å². The number of carbonyl (C=O) groups is 1. The van der Waals surface area contributed by atoms with Crippen LogP contribution in [0.15, 0.2) is 67.0 Å². The maximum absolute atomic E-state index is 13.4. The lowest BCUT2D eigenvalue weighted by Gasteiger charge is -2.24. The molecule has 3 heterocycles. The van der Waals surface area contributed by atoms with E-state index in [-0.39, 0.29) is 24.2 Å². The van der Waals surface area contributed by atoms with Crippen LogP contribution in [0.2, 0.25) is 0 Å². The summed E-state index contributed by atoms with van der Waals surface area (Å²) in [5.41, 5.74) is 3.41. The van der Waals surface area contributed by atoms with Gasteiger partial charge < -0.3 is 10.1 Å². The van der Waals surface area contributed by atoms with Crippen LogP contribution < -0.4 is 10.1 Å². The van der Waals surface area contributed by atoms with Crippen LogP contribution >= 0.6 is 0 Å². The Morgan fingerprint density at radius 2 is 1.94 bits per heavy atom. The van der Waals surface area contributed by atoms with E-state index in [0.717, 1.165) is 22.4 Å². The van der Waals surface area contributed by atoms with Crippen LogP contribution in [-0.2, 0) is 11.4 Å². The molecule has 1 N–H and O–H groups in total. The van der Waals surface area contributed by atoms with Gasteiger partial charge in [-0.25, -0.2) is 14.4 Å². The van der Waals surface area contributed by atoms with E-state index in [1.807, 2.05) is 37.3 Å². The molecule has 8 heteroatoms. The number of aryl methyl sites for hydroxylation is 1. The highest BCUT2D eigenvalue weighted by atomic mass is 19.1. The van der Waals surface area contributed by atoms with Gasteiger partial charge in [0.15, 0.2) is 0 Å². The van der Waals surface area contributed by atoms with E-state index in [0.29, 0.717) is 23.9 Å². The summed E-state index contributed by atoms with van der Waals surface area (Å²) in [7, 11) is 0. The van der Waals surface area contributed by atoms with Crippen LogP contribution in [0, 0.1) is 12.7 Å². The maximum atomic E-state index is 13.4. The summed E-state index contributed by atoms with van der Waals surface area (Å²) in [5, 5.41) is 7.52. The Bertz CT molecular complexity index is 1290. The molecule has 1 aliphatic rings. The number of hydrogen-bond acceptors (Lipinski definition) is 5. The smallest absolute Gasteiger partial charge is 0.252 e. The van der Waals surface area contributed by atoms with Crippen molar-refractivity contribution in [2.24, 2.45) is 0 Å². The molecule has 1 unspecified atom stereocenters. The van der Waals surface area contributed by atoms with Gasteiger partial charge in [-0.1, -0.05) is 24.3 Å². The highest BCUT2D eigenvalue weighted by Gasteiger charge is 2.33. The molecule has 2 aromatic carbocycles. The molecule has 4 aromatic rings. The van der Waals surface area contributed by atoms with E-state index >= 15 is 0 Å². The Kier molecular flexibility index (Phi) is 5.10. The van der Waals surface area contributed by atoms with Gasteiger partial charge in [-0.15, -0.1) is 0 Å². The van der Waals surface area contributed by atoms with E-state index in [1.165, 1.54) is 12.1 Å². The van der Waals surface area contributed by atoms with Crippen LogP contribution in [0.25, 0.3) is 5.95 Å². The number of aromatic nitrogens is 4. The second-order valence-corrected chi connectivity index (χ2v) is 7.60. The molecular formula is C24H20FN5O2. The molecule has 160 valence electrons. The third kappa shape index (κ3) is 3.82. The van der Waals surface area contributed by atoms with Crippen molar-refractivity contribution in [3.8, 4) is 11.7 Å². The van der Waals surface area contributed by atoms with Gasteiger partial charge in [0, 0.05) is 30.3 Å². The zero-order chi connectivity index (χ0) is 22.1. The molecule has 0 saturated carbocycles.